The fourth-order valence-corrected chi connectivity index (χ4v) is 6.71. The Balaban J connectivity index is 1.35. The largest absolute Gasteiger partial charge is 0.383 e. The Hall–Kier alpha value is -2.57. The van der Waals surface area contributed by atoms with Crippen molar-refractivity contribution in [2.75, 3.05) is 44.8 Å². The average Bonchev–Trinajstić information content (AvgIpc) is 3.48. The van der Waals surface area contributed by atoms with Crippen LogP contribution in [-0.4, -0.2) is 82.3 Å². The second-order valence-electron chi connectivity index (χ2n) is 8.31. The minimum Gasteiger partial charge on any atom is -0.383 e. The lowest BCUT2D eigenvalue weighted by Crippen LogP contribution is -2.34. The fraction of sp³-hybridized carbons (Fsp3) is 0.579. The first-order valence-corrected chi connectivity index (χ1v) is 11.8. The Morgan fingerprint density at radius 2 is 1.87 bits per heavy atom. The third-order valence-corrected chi connectivity index (χ3v) is 8.42. The topological polar surface area (TPSA) is 122 Å². The number of ether oxygens (including phenoxy) is 1. The number of aromatic nitrogens is 6. The number of anilines is 1. The Labute approximate surface area is 180 Å². The van der Waals surface area contributed by atoms with Crippen molar-refractivity contribution in [3.63, 3.8) is 0 Å². The van der Waals surface area contributed by atoms with E-state index in [-0.39, 0.29) is 11.8 Å². The van der Waals surface area contributed by atoms with E-state index >= 15 is 0 Å². The van der Waals surface area contributed by atoms with Gasteiger partial charge in [0, 0.05) is 39.8 Å². The van der Waals surface area contributed by atoms with Crippen LogP contribution in [0.15, 0.2) is 17.6 Å². The minimum absolute atomic E-state index is 0.253. The van der Waals surface area contributed by atoms with Gasteiger partial charge in [0.25, 0.3) is 0 Å². The summed E-state index contributed by atoms with van der Waals surface area (Å²) < 4.78 is 35.1. The fourth-order valence-electron chi connectivity index (χ4n) is 4.82. The highest BCUT2D eigenvalue weighted by molar-refractivity contribution is 7.89. The van der Waals surface area contributed by atoms with E-state index in [0.717, 1.165) is 30.1 Å². The van der Waals surface area contributed by atoms with Crippen LogP contribution in [0.4, 0.5) is 5.82 Å². The summed E-state index contributed by atoms with van der Waals surface area (Å²) in [6.07, 6.45) is 3.33. The Morgan fingerprint density at radius 1 is 1.13 bits per heavy atom. The molecular weight excluding hydrogens is 420 g/mol. The predicted molar refractivity (Wildman–Crippen MR) is 113 cm³/mol. The van der Waals surface area contributed by atoms with Crippen molar-refractivity contribution in [3.05, 3.63) is 24.0 Å². The van der Waals surface area contributed by atoms with Gasteiger partial charge in [0.15, 0.2) is 17.0 Å². The number of H-pyrrole nitrogens is 1. The van der Waals surface area contributed by atoms with Gasteiger partial charge < -0.3 is 14.2 Å². The van der Waals surface area contributed by atoms with Gasteiger partial charge in [-0.1, -0.05) is 0 Å². The zero-order valence-electron chi connectivity index (χ0n) is 17.8. The summed E-state index contributed by atoms with van der Waals surface area (Å²) in [4.78, 5) is 16.0. The molecule has 166 valence electrons. The molecule has 2 fully saturated rings. The van der Waals surface area contributed by atoms with Crippen LogP contribution in [-0.2, 0) is 21.3 Å². The van der Waals surface area contributed by atoms with Gasteiger partial charge in [0.2, 0.25) is 10.0 Å². The van der Waals surface area contributed by atoms with Crippen molar-refractivity contribution < 1.29 is 13.2 Å². The third-order valence-electron chi connectivity index (χ3n) is 6.33. The maximum atomic E-state index is 13.2. The van der Waals surface area contributed by atoms with Crippen molar-refractivity contribution in [2.45, 2.75) is 25.3 Å². The molecule has 0 bridgehead atoms. The molecule has 5 rings (SSSR count). The van der Waals surface area contributed by atoms with Gasteiger partial charge in [-0.05, 0) is 25.7 Å². The van der Waals surface area contributed by atoms with Crippen LogP contribution in [0.2, 0.25) is 0 Å². The van der Waals surface area contributed by atoms with Crippen molar-refractivity contribution in [1.82, 2.24) is 34.0 Å². The van der Waals surface area contributed by atoms with Gasteiger partial charge >= 0.3 is 0 Å². The maximum absolute atomic E-state index is 13.2. The first kappa shape index (κ1) is 20.3. The number of aryl methyl sites for hydroxylation is 2. The van der Waals surface area contributed by atoms with Gasteiger partial charge in [0.05, 0.1) is 24.3 Å². The molecule has 0 amide bonds. The Morgan fingerprint density at radius 3 is 2.52 bits per heavy atom. The number of hydrogen-bond donors (Lipinski definition) is 1. The number of nitrogens with one attached hydrogen (secondary N) is 1. The second kappa shape index (κ2) is 7.53. The molecule has 3 aromatic rings. The predicted octanol–water partition coefficient (Wildman–Crippen LogP) is 0.570. The van der Waals surface area contributed by atoms with Gasteiger partial charge in [-0.3, -0.25) is 5.10 Å². The Bertz CT molecular complexity index is 1190. The van der Waals surface area contributed by atoms with Crippen molar-refractivity contribution >= 4 is 27.0 Å². The zero-order valence-corrected chi connectivity index (χ0v) is 18.6. The minimum atomic E-state index is -3.55. The average molecular weight is 447 g/mol. The third kappa shape index (κ3) is 3.29. The molecule has 1 N–H and O–H groups in total. The van der Waals surface area contributed by atoms with Crippen LogP contribution in [0, 0.1) is 25.7 Å². The summed E-state index contributed by atoms with van der Waals surface area (Å²) in [5.74, 6) is 1.32. The van der Waals surface area contributed by atoms with E-state index in [2.05, 4.69) is 30.0 Å². The highest BCUT2D eigenvalue weighted by atomic mass is 32.2. The SMILES string of the molecule is COCCn1cnc2c(N3CC4CN(S(=O)(=O)c5c(C)n[nH]c5C)CC4C3)ncnc21. The maximum Gasteiger partial charge on any atom is 0.246 e. The van der Waals surface area contributed by atoms with Gasteiger partial charge in [-0.25, -0.2) is 23.4 Å². The second-order valence-corrected chi connectivity index (χ2v) is 10.2. The van der Waals surface area contributed by atoms with Crippen LogP contribution in [0.3, 0.4) is 0 Å². The summed E-state index contributed by atoms with van der Waals surface area (Å²) in [6, 6.07) is 0. The molecular formula is C19H26N8O3S. The lowest BCUT2D eigenvalue weighted by Gasteiger charge is -2.22. The molecule has 0 aromatic carbocycles. The smallest absolute Gasteiger partial charge is 0.246 e. The molecule has 11 nitrogen and oxygen atoms in total. The summed E-state index contributed by atoms with van der Waals surface area (Å²) in [7, 11) is -1.89. The Kier molecular flexibility index (Phi) is 4.94. The zero-order chi connectivity index (χ0) is 21.8. The molecule has 2 aliphatic rings. The van der Waals surface area contributed by atoms with Crippen LogP contribution >= 0.6 is 0 Å². The van der Waals surface area contributed by atoms with Gasteiger partial charge in [-0.15, -0.1) is 0 Å². The van der Waals surface area contributed by atoms with Crippen LogP contribution < -0.4 is 4.90 Å². The van der Waals surface area contributed by atoms with Crippen molar-refractivity contribution in [1.29, 1.82) is 0 Å². The first-order valence-electron chi connectivity index (χ1n) is 10.3. The molecule has 5 heterocycles. The quantitative estimate of drug-likeness (QED) is 0.583. The van der Waals surface area contributed by atoms with E-state index in [1.54, 1.807) is 37.9 Å². The number of aromatic amines is 1. The molecule has 31 heavy (non-hydrogen) atoms. The molecule has 0 aliphatic carbocycles. The molecule has 12 heteroatoms. The lowest BCUT2D eigenvalue weighted by molar-refractivity contribution is 0.188. The summed E-state index contributed by atoms with van der Waals surface area (Å²) >= 11 is 0. The number of methoxy groups -OCH3 is 1. The molecule has 2 atom stereocenters. The van der Waals surface area contributed by atoms with Crippen molar-refractivity contribution in [2.24, 2.45) is 11.8 Å². The highest BCUT2D eigenvalue weighted by Crippen LogP contribution is 2.37. The monoisotopic (exact) mass is 446 g/mol. The van der Waals surface area contributed by atoms with E-state index in [9.17, 15) is 8.42 Å². The molecule has 0 spiro atoms. The van der Waals surface area contributed by atoms with Gasteiger partial charge in [0.1, 0.15) is 11.2 Å². The van der Waals surface area contributed by atoms with Crippen LogP contribution in [0.1, 0.15) is 11.4 Å². The van der Waals surface area contributed by atoms with E-state index in [1.807, 2.05) is 4.57 Å². The standard InChI is InChI=1S/C19H26N8O3S/c1-12-17(13(2)24-23-12)31(28,29)27-8-14-6-26(7-15(14)9-27)19-16-18(20-10-21-19)25(11-22-16)4-5-30-3/h10-11,14-15H,4-9H2,1-3H3,(H,23,24). The van der Waals surface area contributed by atoms with E-state index in [1.165, 1.54) is 0 Å². The van der Waals surface area contributed by atoms with E-state index in [4.69, 9.17) is 4.74 Å². The van der Waals surface area contributed by atoms with Crippen LogP contribution in [0.25, 0.3) is 11.2 Å². The highest BCUT2D eigenvalue weighted by Gasteiger charge is 2.46. The molecule has 0 radical (unpaired) electrons. The number of hydrogen-bond acceptors (Lipinski definition) is 8. The van der Waals surface area contributed by atoms with Crippen molar-refractivity contribution in [3.8, 4) is 0 Å². The van der Waals surface area contributed by atoms with Gasteiger partial charge in [-0.2, -0.15) is 9.40 Å². The number of sulfonamides is 1. The molecule has 2 aliphatic heterocycles. The van der Waals surface area contributed by atoms with E-state index in [0.29, 0.717) is 42.5 Å². The molecule has 2 saturated heterocycles. The molecule has 0 saturated carbocycles. The lowest BCUT2D eigenvalue weighted by atomic mass is 10.0. The normalized spacial score (nSPS) is 22.0. The summed E-state index contributed by atoms with van der Waals surface area (Å²) in [6.45, 7) is 7.23. The molecule has 2 unspecified atom stereocenters. The number of rotatable bonds is 6. The van der Waals surface area contributed by atoms with Crippen LogP contribution in [0.5, 0.6) is 0 Å². The number of imidazole rings is 1. The molecule has 3 aromatic heterocycles. The van der Waals surface area contributed by atoms with E-state index < -0.39 is 10.0 Å². The number of fused-ring (bicyclic) bond motifs is 2. The first-order chi connectivity index (χ1) is 14.9. The summed E-state index contributed by atoms with van der Waals surface area (Å²) in [5, 5.41) is 6.84. The number of nitrogens with zero attached hydrogens (tertiary/aromatic N) is 7. The summed E-state index contributed by atoms with van der Waals surface area (Å²) in [5.41, 5.74) is 2.66.